The summed E-state index contributed by atoms with van der Waals surface area (Å²) < 4.78 is 0. The molecule has 0 fully saturated rings. The first-order valence-electron chi connectivity index (χ1n) is 6.81. The number of hydrogen-bond acceptors (Lipinski definition) is 4. The molecule has 0 unspecified atom stereocenters. The first-order valence-corrected chi connectivity index (χ1v) is 6.81. The van der Waals surface area contributed by atoms with E-state index in [1.54, 1.807) is 12.4 Å². The molecule has 6 heteroatoms. The van der Waals surface area contributed by atoms with Gasteiger partial charge in [-0.3, -0.25) is 20.2 Å². The molecule has 0 bridgehead atoms. The summed E-state index contributed by atoms with van der Waals surface area (Å²) in [6.07, 6.45) is 10.9. The van der Waals surface area contributed by atoms with Crippen LogP contribution in [0.3, 0.4) is 0 Å². The monoisotopic (exact) mass is 288 g/mol. The second-order valence-electron chi connectivity index (χ2n) is 4.84. The van der Waals surface area contributed by atoms with Gasteiger partial charge in [0.15, 0.2) is 0 Å². The third kappa shape index (κ3) is 2.26. The molecule has 0 spiro atoms. The van der Waals surface area contributed by atoms with Crippen LogP contribution in [0.5, 0.6) is 0 Å². The van der Waals surface area contributed by atoms with Crippen molar-refractivity contribution in [2.45, 2.75) is 0 Å². The number of rotatable bonds is 3. The zero-order chi connectivity index (χ0) is 14.8. The lowest BCUT2D eigenvalue weighted by Crippen LogP contribution is -1.88. The maximum Gasteiger partial charge on any atom is 0.0886 e. The number of hydrogen-bond donors (Lipinski definition) is 2. The van der Waals surface area contributed by atoms with Gasteiger partial charge in [0, 0.05) is 47.0 Å². The van der Waals surface area contributed by atoms with Gasteiger partial charge < -0.3 is 0 Å². The summed E-state index contributed by atoms with van der Waals surface area (Å²) in [5, 5.41) is 13.5. The van der Waals surface area contributed by atoms with Gasteiger partial charge in [-0.1, -0.05) is 12.1 Å². The second kappa shape index (κ2) is 5.25. The molecule has 2 N–H and O–H groups in total. The lowest BCUT2D eigenvalue weighted by atomic mass is 10.1. The lowest BCUT2D eigenvalue weighted by molar-refractivity contribution is 1.09. The Morgan fingerprint density at radius 2 is 1.05 bits per heavy atom. The summed E-state index contributed by atoms with van der Waals surface area (Å²) >= 11 is 0. The standard InChI is InChI=1S/C16H12N6/c1-3-15(17-5-11(1)13-7-19-20-8-13)16-4-2-12(6-18-16)14-9-21-22-10-14/h1-10H,(H,19,20)(H,21,22). The van der Waals surface area contributed by atoms with Crippen LogP contribution < -0.4 is 0 Å². The number of H-pyrrole nitrogens is 2. The van der Waals surface area contributed by atoms with Gasteiger partial charge >= 0.3 is 0 Å². The van der Waals surface area contributed by atoms with Gasteiger partial charge in [-0.05, 0) is 12.1 Å². The molecule has 0 radical (unpaired) electrons. The first kappa shape index (κ1) is 12.5. The fourth-order valence-corrected chi connectivity index (χ4v) is 2.25. The molecule has 0 saturated heterocycles. The molecular weight excluding hydrogens is 276 g/mol. The highest BCUT2D eigenvalue weighted by atomic mass is 15.1. The van der Waals surface area contributed by atoms with E-state index in [1.165, 1.54) is 0 Å². The molecule has 0 atom stereocenters. The van der Waals surface area contributed by atoms with Crippen LogP contribution in [-0.4, -0.2) is 30.4 Å². The molecule has 0 saturated carbocycles. The van der Waals surface area contributed by atoms with Gasteiger partial charge in [-0.2, -0.15) is 10.2 Å². The van der Waals surface area contributed by atoms with E-state index in [2.05, 4.69) is 30.4 Å². The summed E-state index contributed by atoms with van der Waals surface area (Å²) in [6.45, 7) is 0. The molecule has 106 valence electrons. The first-order chi connectivity index (χ1) is 10.9. The number of nitrogens with zero attached hydrogens (tertiary/aromatic N) is 4. The quantitative estimate of drug-likeness (QED) is 0.607. The largest absolute Gasteiger partial charge is 0.285 e. The van der Waals surface area contributed by atoms with Gasteiger partial charge in [-0.15, -0.1) is 0 Å². The average molecular weight is 288 g/mol. The Bertz CT molecular complexity index is 770. The zero-order valence-electron chi connectivity index (χ0n) is 11.6. The average Bonchev–Trinajstić information content (AvgIpc) is 3.29. The number of nitrogens with one attached hydrogen (secondary N) is 2. The molecule has 4 aromatic rings. The van der Waals surface area contributed by atoms with E-state index in [-0.39, 0.29) is 0 Å². The summed E-state index contributed by atoms with van der Waals surface area (Å²) in [5.41, 5.74) is 5.75. The van der Waals surface area contributed by atoms with Gasteiger partial charge in [0.25, 0.3) is 0 Å². The highest BCUT2D eigenvalue weighted by molar-refractivity contribution is 5.66. The Morgan fingerprint density at radius 1 is 0.545 bits per heavy atom. The molecule has 0 aliphatic carbocycles. The summed E-state index contributed by atoms with van der Waals surface area (Å²) in [7, 11) is 0. The van der Waals surface area contributed by atoms with Gasteiger partial charge in [0.1, 0.15) is 0 Å². The topological polar surface area (TPSA) is 83.1 Å². The van der Waals surface area contributed by atoms with Crippen molar-refractivity contribution in [2.75, 3.05) is 0 Å². The third-order valence-corrected chi connectivity index (χ3v) is 3.45. The van der Waals surface area contributed by atoms with E-state index in [9.17, 15) is 0 Å². The fourth-order valence-electron chi connectivity index (χ4n) is 2.25. The van der Waals surface area contributed by atoms with Crippen LogP contribution in [0.25, 0.3) is 33.6 Å². The lowest BCUT2D eigenvalue weighted by Gasteiger charge is -2.03. The predicted molar refractivity (Wildman–Crippen MR) is 82.6 cm³/mol. The van der Waals surface area contributed by atoms with Crippen molar-refractivity contribution < 1.29 is 0 Å². The molecular formula is C16H12N6. The van der Waals surface area contributed by atoms with Crippen LogP contribution in [0.4, 0.5) is 0 Å². The maximum absolute atomic E-state index is 4.47. The Kier molecular flexibility index (Phi) is 2.97. The normalized spacial score (nSPS) is 10.7. The van der Waals surface area contributed by atoms with E-state index < -0.39 is 0 Å². The third-order valence-electron chi connectivity index (χ3n) is 3.45. The predicted octanol–water partition coefficient (Wildman–Crippen LogP) is 2.92. The summed E-state index contributed by atoms with van der Waals surface area (Å²) in [5.74, 6) is 0. The van der Waals surface area contributed by atoms with Crippen LogP contribution in [-0.2, 0) is 0 Å². The van der Waals surface area contributed by atoms with E-state index in [4.69, 9.17) is 0 Å². The Labute approximate surface area is 126 Å². The van der Waals surface area contributed by atoms with Crippen molar-refractivity contribution in [3.63, 3.8) is 0 Å². The van der Waals surface area contributed by atoms with E-state index >= 15 is 0 Å². The highest BCUT2D eigenvalue weighted by Gasteiger charge is 2.05. The smallest absolute Gasteiger partial charge is 0.0886 e. The van der Waals surface area contributed by atoms with Gasteiger partial charge in [0.2, 0.25) is 0 Å². The zero-order valence-corrected chi connectivity index (χ0v) is 11.6. The van der Waals surface area contributed by atoms with E-state index in [0.717, 1.165) is 33.6 Å². The van der Waals surface area contributed by atoms with Gasteiger partial charge in [-0.25, -0.2) is 0 Å². The number of aromatic nitrogens is 6. The molecule has 22 heavy (non-hydrogen) atoms. The molecule has 0 aliphatic rings. The maximum atomic E-state index is 4.47. The van der Waals surface area contributed by atoms with Crippen molar-refractivity contribution in [1.29, 1.82) is 0 Å². The van der Waals surface area contributed by atoms with E-state index in [1.807, 2.05) is 49.1 Å². The summed E-state index contributed by atoms with van der Waals surface area (Å²) in [4.78, 5) is 8.95. The minimum atomic E-state index is 0.839. The molecule has 0 amide bonds. The van der Waals surface area contributed by atoms with Crippen LogP contribution in [0.1, 0.15) is 0 Å². The molecule has 0 aromatic carbocycles. The van der Waals surface area contributed by atoms with Crippen LogP contribution in [0, 0.1) is 0 Å². The van der Waals surface area contributed by atoms with Crippen molar-refractivity contribution in [3.05, 3.63) is 61.4 Å². The van der Waals surface area contributed by atoms with Crippen LogP contribution in [0.2, 0.25) is 0 Å². The molecule has 6 nitrogen and oxygen atoms in total. The molecule has 4 heterocycles. The minimum Gasteiger partial charge on any atom is -0.285 e. The second-order valence-corrected chi connectivity index (χ2v) is 4.84. The Balaban J connectivity index is 1.62. The SMILES string of the molecule is c1cc(-c2ccc(-c3cn[nH]c3)cn2)ncc1-c1cn[nH]c1. The van der Waals surface area contributed by atoms with Crippen LogP contribution >= 0.6 is 0 Å². The van der Waals surface area contributed by atoms with E-state index in [0.29, 0.717) is 0 Å². The van der Waals surface area contributed by atoms with Gasteiger partial charge in [0.05, 0.1) is 23.8 Å². The number of aromatic amines is 2. The van der Waals surface area contributed by atoms with Crippen molar-refractivity contribution in [1.82, 2.24) is 30.4 Å². The fraction of sp³-hybridized carbons (Fsp3) is 0. The Hall–Kier alpha value is -3.28. The summed E-state index contributed by atoms with van der Waals surface area (Å²) in [6, 6.07) is 7.95. The molecule has 0 aliphatic heterocycles. The minimum absolute atomic E-state index is 0.839. The van der Waals surface area contributed by atoms with Crippen LogP contribution in [0.15, 0.2) is 61.4 Å². The van der Waals surface area contributed by atoms with Crippen molar-refractivity contribution >= 4 is 0 Å². The highest BCUT2D eigenvalue weighted by Crippen LogP contribution is 2.22. The molecule has 4 rings (SSSR count). The molecule has 4 aromatic heterocycles. The Morgan fingerprint density at radius 3 is 1.36 bits per heavy atom. The number of pyridine rings is 2. The van der Waals surface area contributed by atoms with Crippen molar-refractivity contribution in [2.24, 2.45) is 0 Å². The van der Waals surface area contributed by atoms with Crippen molar-refractivity contribution in [3.8, 4) is 33.6 Å².